The van der Waals surface area contributed by atoms with Gasteiger partial charge in [-0.15, -0.1) is 0 Å². The van der Waals surface area contributed by atoms with Crippen LogP contribution in [0.3, 0.4) is 0 Å². The SMILES string of the molecule is O=c1cc(-c2ccc(Cl)cc2F)c(F)c[nH]1. The van der Waals surface area contributed by atoms with Gasteiger partial charge in [-0.05, 0) is 18.2 Å². The van der Waals surface area contributed by atoms with Gasteiger partial charge in [0.25, 0.3) is 0 Å². The highest BCUT2D eigenvalue weighted by Gasteiger charge is 2.10. The first kappa shape index (κ1) is 10.8. The van der Waals surface area contributed by atoms with E-state index < -0.39 is 17.2 Å². The average molecular weight is 242 g/mol. The largest absolute Gasteiger partial charge is 0.326 e. The summed E-state index contributed by atoms with van der Waals surface area (Å²) < 4.78 is 26.9. The number of nitrogens with one attached hydrogen (secondary N) is 1. The molecule has 5 heteroatoms. The van der Waals surface area contributed by atoms with Gasteiger partial charge in [-0.1, -0.05) is 11.6 Å². The van der Waals surface area contributed by atoms with Crippen molar-refractivity contribution in [1.29, 1.82) is 0 Å². The van der Waals surface area contributed by atoms with Crippen molar-refractivity contribution in [2.45, 2.75) is 0 Å². The van der Waals surface area contributed by atoms with Gasteiger partial charge in [0.05, 0.1) is 0 Å². The first-order valence-corrected chi connectivity index (χ1v) is 4.79. The molecule has 1 aromatic carbocycles. The number of hydrogen-bond donors (Lipinski definition) is 1. The van der Waals surface area contributed by atoms with Crippen molar-refractivity contribution >= 4 is 11.6 Å². The second-order valence-electron chi connectivity index (χ2n) is 3.18. The summed E-state index contributed by atoms with van der Waals surface area (Å²) in [6.45, 7) is 0. The van der Waals surface area contributed by atoms with Crippen molar-refractivity contribution in [2.24, 2.45) is 0 Å². The van der Waals surface area contributed by atoms with Crippen LogP contribution in [0.1, 0.15) is 0 Å². The van der Waals surface area contributed by atoms with Crippen molar-refractivity contribution < 1.29 is 8.78 Å². The van der Waals surface area contributed by atoms with Crippen LogP contribution >= 0.6 is 11.6 Å². The highest BCUT2D eigenvalue weighted by molar-refractivity contribution is 6.30. The molecule has 2 rings (SSSR count). The summed E-state index contributed by atoms with van der Waals surface area (Å²) in [7, 11) is 0. The number of pyridine rings is 1. The van der Waals surface area contributed by atoms with E-state index in [-0.39, 0.29) is 16.1 Å². The zero-order valence-corrected chi connectivity index (χ0v) is 8.68. The van der Waals surface area contributed by atoms with E-state index in [9.17, 15) is 13.6 Å². The standard InChI is InChI=1S/C11H6ClF2NO/c12-6-1-2-7(9(13)3-6)8-4-11(16)15-5-10(8)14/h1-5H,(H,15,16). The van der Waals surface area contributed by atoms with Crippen LogP contribution in [0.5, 0.6) is 0 Å². The van der Waals surface area contributed by atoms with Crippen molar-refractivity contribution in [3.63, 3.8) is 0 Å². The molecule has 0 aliphatic rings. The van der Waals surface area contributed by atoms with Crippen molar-refractivity contribution in [3.8, 4) is 11.1 Å². The van der Waals surface area contributed by atoms with Crippen molar-refractivity contribution in [3.05, 3.63) is 57.5 Å². The van der Waals surface area contributed by atoms with Crippen LogP contribution in [0.2, 0.25) is 5.02 Å². The van der Waals surface area contributed by atoms with Gasteiger partial charge >= 0.3 is 0 Å². The van der Waals surface area contributed by atoms with Gasteiger partial charge in [-0.25, -0.2) is 8.78 Å². The Kier molecular flexibility index (Phi) is 2.75. The maximum Gasteiger partial charge on any atom is 0.248 e. The lowest BCUT2D eigenvalue weighted by atomic mass is 10.1. The Labute approximate surface area is 94.5 Å². The second kappa shape index (κ2) is 4.06. The molecule has 16 heavy (non-hydrogen) atoms. The molecule has 82 valence electrons. The van der Waals surface area contributed by atoms with E-state index >= 15 is 0 Å². The van der Waals surface area contributed by atoms with Gasteiger partial charge in [-0.3, -0.25) is 4.79 Å². The quantitative estimate of drug-likeness (QED) is 0.818. The van der Waals surface area contributed by atoms with Crippen LogP contribution in [-0.2, 0) is 0 Å². The molecule has 0 saturated heterocycles. The minimum absolute atomic E-state index is 0.00741. The Morgan fingerprint density at radius 3 is 2.50 bits per heavy atom. The van der Waals surface area contributed by atoms with Crippen LogP contribution in [-0.4, -0.2) is 4.98 Å². The van der Waals surface area contributed by atoms with Gasteiger partial charge in [0, 0.05) is 28.4 Å². The van der Waals surface area contributed by atoms with E-state index in [0.717, 1.165) is 18.3 Å². The molecule has 0 atom stereocenters. The molecule has 2 aromatic rings. The summed E-state index contributed by atoms with van der Waals surface area (Å²) in [5.41, 5.74) is -0.573. The minimum atomic E-state index is -0.694. The van der Waals surface area contributed by atoms with Crippen LogP contribution in [0.4, 0.5) is 8.78 Å². The van der Waals surface area contributed by atoms with E-state index in [4.69, 9.17) is 11.6 Å². The van der Waals surface area contributed by atoms with Gasteiger partial charge in [-0.2, -0.15) is 0 Å². The summed E-state index contributed by atoms with van der Waals surface area (Å²) in [5.74, 6) is -1.36. The summed E-state index contributed by atoms with van der Waals surface area (Å²) in [6.07, 6.45) is 0.895. The van der Waals surface area contributed by atoms with Gasteiger partial charge < -0.3 is 4.98 Å². The molecular weight excluding hydrogens is 236 g/mol. The molecule has 0 saturated carbocycles. The fraction of sp³-hybridized carbons (Fsp3) is 0. The predicted molar refractivity (Wildman–Crippen MR) is 57.4 cm³/mol. The van der Waals surface area contributed by atoms with Crippen molar-refractivity contribution in [2.75, 3.05) is 0 Å². The van der Waals surface area contributed by atoms with E-state index in [1.807, 2.05) is 0 Å². The van der Waals surface area contributed by atoms with E-state index in [2.05, 4.69) is 4.98 Å². The fourth-order valence-corrected chi connectivity index (χ4v) is 1.53. The maximum absolute atomic E-state index is 13.5. The van der Waals surface area contributed by atoms with Gasteiger partial charge in [0.15, 0.2) is 0 Å². The third-order valence-electron chi connectivity index (χ3n) is 2.10. The smallest absolute Gasteiger partial charge is 0.248 e. The summed E-state index contributed by atoms with van der Waals surface area (Å²) >= 11 is 5.57. The number of aromatic amines is 1. The number of halogens is 3. The highest BCUT2D eigenvalue weighted by Crippen LogP contribution is 2.25. The highest BCUT2D eigenvalue weighted by atomic mass is 35.5. The van der Waals surface area contributed by atoms with Crippen LogP contribution in [0.25, 0.3) is 11.1 Å². The lowest BCUT2D eigenvalue weighted by Gasteiger charge is -2.04. The summed E-state index contributed by atoms with van der Waals surface area (Å²) in [6, 6.07) is 4.83. The molecule has 0 amide bonds. The van der Waals surface area contributed by atoms with E-state index in [1.165, 1.54) is 12.1 Å². The Morgan fingerprint density at radius 1 is 1.06 bits per heavy atom. The second-order valence-corrected chi connectivity index (χ2v) is 3.62. The Morgan fingerprint density at radius 2 is 1.81 bits per heavy atom. The third-order valence-corrected chi connectivity index (χ3v) is 2.33. The molecule has 0 spiro atoms. The van der Waals surface area contributed by atoms with Crippen LogP contribution < -0.4 is 5.56 Å². The number of aromatic nitrogens is 1. The number of benzene rings is 1. The zero-order chi connectivity index (χ0) is 11.7. The number of rotatable bonds is 1. The molecule has 2 nitrogen and oxygen atoms in total. The first-order valence-electron chi connectivity index (χ1n) is 4.41. The average Bonchev–Trinajstić information content (AvgIpc) is 2.22. The minimum Gasteiger partial charge on any atom is -0.326 e. The van der Waals surface area contributed by atoms with Crippen molar-refractivity contribution in [1.82, 2.24) is 4.98 Å². The summed E-state index contributed by atoms with van der Waals surface area (Å²) in [5, 5.41) is 0.214. The topological polar surface area (TPSA) is 32.9 Å². The van der Waals surface area contributed by atoms with E-state index in [1.54, 1.807) is 0 Å². The number of hydrogen-bond acceptors (Lipinski definition) is 1. The molecule has 0 unspecified atom stereocenters. The normalized spacial score (nSPS) is 10.4. The number of H-pyrrole nitrogens is 1. The molecule has 1 heterocycles. The summed E-state index contributed by atoms with van der Waals surface area (Å²) in [4.78, 5) is 13.2. The Hall–Kier alpha value is -1.68. The molecule has 0 radical (unpaired) electrons. The fourth-order valence-electron chi connectivity index (χ4n) is 1.37. The van der Waals surface area contributed by atoms with Gasteiger partial charge in [0.1, 0.15) is 11.6 Å². The van der Waals surface area contributed by atoms with Gasteiger partial charge in [0.2, 0.25) is 5.56 Å². The Bertz CT molecular complexity index is 595. The zero-order valence-electron chi connectivity index (χ0n) is 7.93. The third kappa shape index (κ3) is 1.97. The predicted octanol–water partition coefficient (Wildman–Crippen LogP) is 2.97. The monoisotopic (exact) mass is 241 g/mol. The Balaban J connectivity index is 2.67. The molecule has 0 aliphatic carbocycles. The van der Waals surface area contributed by atoms with E-state index in [0.29, 0.717) is 0 Å². The first-order chi connectivity index (χ1) is 7.58. The molecule has 0 bridgehead atoms. The molecule has 1 aromatic heterocycles. The molecular formula is C11H6ClF2NO. The molecule has 0 aliphatic heterocycles. The lowest BCUT2D eigenvalue weighted by Crippen LogP contribution is -2.05. The lowest BCUT2D eigenvalue weighted by molar-refractivity contribution is 0.612. The van der Waals surface area contributed by atoms with Crippen LogP contribution in [0, 0.1) is 11.6 Å². The van der Waals surface area contributed by atoms with Crippen LogP contribution in [0.15, 0.2) is 35.3 Å². The molecule has 1 N–H and O–H groups in total. The maximum atomic E-state index is 13.5. The molecule has 0 fully saturated rings.